The van der Waals surface area contributed by atoms with Gasteiger partial charge in [0.2, 0.25) is 0 Å². The molecule has 1 aromatic heterocycles. The van der Waals surface area contributed by atoms with Crippen molar-refractivity contribution in [3.8, 4) is 5.75 Å². The van der Waals surface area contributed by atoms with Gasteiger partial charge < -0.3 is 18.8 Å². The number of benzene rings is 1. The molecule has 1 aliphatic rings. The third-order valence-electron chi connectivity index (χ3n) is 4.21. The van der Waals surface area contributed by atoms with Crippen LogP contribution in [0.25, 0.3) is 11.1 Å². The summed E-state index contributed by atoms with van der Waals surface area (Å²) in [5.41, 5.74) is 0.662. The Morgan fingerprint density at radius 2 is 2.04 bits per heavy atom. The maximum atomic E-state index is 12.0. The molecule has 0 saturated carbocycles. The van der Waals surface area contributed by atoms with E-state index in [1.807, 2.05) is 0 Å². The van der Waals surface area contributed by atoms with E-state index >= 15 is 0 Å². The number of hydrogen-bond donors (Lipinski definition) is 2. The van der Waals surface area contributed by atoms with Crippen molar-refractivity contribution in [1.82, 2.24) is 9.88 Å². The number of fused-ring (bicyclic) bond motifs is 1. The lowest BCUT2D eigenvalue weighted by atomic mass is 10.2. The highest BCUT2D eigenvalue weighted by atomic mass is 16.6. The Balaban J connectivity index is 1.68. The molecule has 0 bridgehead atoms. The van der Waals surface area contributed by atoms with E-state index in [1.54, 1.807) is 32.9 Å². The molecule has 2 heterocycles. The molecule has 148 valence electrons. The predicted octanol–water partition coefficient (Wildman–Crippen LogP) is 3.33. The zero-order valence-electron chi connectivity index (χ0n) is 16.1. The highest BCUT2D eigenvalue weighted by molar-refractivity contribution is 5.90. The van der Waals surface area contributed by atoms with E-state index in [-0.39, 0.29) is 0 Å². The number of oxazole rings is 1. The average molecular weight is 377 g/mol. The first kappa shape index (κ1) is 19.3. The summed E-state index contributed by atoms with van der Waals surface area (Å²) in [7, 11) is 0. The van der Waals surface area contributed by atoms with Crippen LogP contribution in [0.3, 0.4) is 0 Å². The van der Waals surface area contributed by atoms with Gasteiger partial charge in [-0.15, -0.1) is 0 Å². The van der Waals surface area contributed by atoms with Crippen LogP contribution in [0.1, 0.15) is 40.0 Å². The van der Waals surface area contributed by atoms with E-state index in [4.69, 9.17) is 13.9 Å². The quantitative estimate of drug-likeness (QED) is 0.750. The molecule has 1 saturated heterocycles. The molecular weight excluding hydrogens is 350 g/mol. The average Bonchev–Trinajstić information content (AvgIpc) is 3.18. The monoisotopic (exact) mass is 377 g/mol. The van der Waals surface area contributed by atoms with Crippen LogP contribution in [0.15, 0.2) is 21.3 Å². The molecular formula is C19H27N3O5. The van der Waals surface area contributed by atoms with E-state index in [9.17, 15) is 9.59 Å². The Hall–Kier alpha value is -2.48. The zero-order valence-corrected chi connectivity index (χ0v) is 16.1. The number of H-pyrrole nitrogens is 1. The Labute approximate surface area is 157 Å². The van der Waals surface area contributed by atoms with Gasteiger partial charge in [0.1, 0.15) is 5.60 Å². The summed E-state index contributed by atoms with van der Waals surface area (Å²) in [5, 5.41) is 2.66. The summed E-state index contributed by atoms with van der Waals surface area (Å²) in [4.78, 5) is 28.6. The summed E-state index contributed by atoms with van der Waals surface area (Å²) in [6, 6.07) is 3.25. The molecule has 3 rings (SSSR count). The maximum absolute atomic E-state index is 12.0. The van der Waals surface area contributed by atoms with Gasteiger partial charge in [-0.05, 0) is 59.2 Å². The fourth-order valence-corrected chi connectivity index (χ4v) is 3.11. The van der Waals surface area contributed by atoms with Gasteiger partial charge in [0.15, 0.2) is 11.3 Å². The molecule has 1 amide bonds. The van der Waals surface area contributed by atoms with Crippen LogP contribution in [-0.4, -0.2) is 47.8 Å². The summed E-state index contributed by atoms with van der Waals surface area (Å²) in [5.74, 6) is -0.153. The van der Waals surface area contributed by atoms with Gasteiger partial charge in [0.25, 0.3) is 0 Å². The SMILES string of the molecule is CC(C)(C)OC(=O)Nc1cc(OCCCN2CCCC2)c2oc(=O)[nH]c2c1. The lowest BCUT2D eigenvalue weighted by Gasteiger charge is -2.20. The van der Waals surface area contributed by atoms with Crippen molar-refractivity contribution in [3.05, 3.63) is 22.7 Å². The topological polar surface area (TPSA) is 96.8 Å². The van der Waals surface area contributed by atoms with E-state index in [0.717, 1.165) is 26.1 Å². The molecule has 0 unspecified atom stereocenters. The number of anilines is 1. The molecule has 0 radical (unpaired) electrons. The Morgan fingerprint density at radius 3 is 2.74 bits per heavy atom. The third-order valence-corrected chi connectivity index (χ3v) is 4.21. The normalized spacial score (nSPS) is 15.2. The molecule has 2 N–H and O–H groups in total. The lowest BCUT2D eigenvalue weighted by molar-refractivity contribution is 0.0636. The van der Waals surface area contributed by atoms with Crippen LogP contribution in [0, 0.1) is 0 Å². The summed E-state index contributed by atoms with van der Waals surface area (Å²) in [6.07, 6.45) is 2.82. The van der Waals surface area contributed by atoms with Gasteiger partial charge in [-0.25, -0.2) is 9.59 Å². The smallest absolute Gasteiger partial charge is 0.417 e. The minimum atomic E-state index is -0.604. The number of hydrogen-bond acceptors (Lipinski definition) is 6. The van der Waals surface area contributed by atoms with Crippen LogP contribution in [-0.2, 0) is 4.74 Å². The molecule has 0 aliphatic carbocycles. The van der Waals surface area contributed by atoms with Gasteiger partial charge in [0, 0.05) is 12.6 Å². The van der Waals surface area contributed by atoms with E-state index in [0.29, 0.717) is 29.1 Å². The highest BCUT2D eigenvalue weighted by Crippen LogP contribution is 2.29. The molecule has 2 aromatic rings. The number of aromatic amines is 1. The number of carbonyl (C=O) groups is 1. The fraction of sp³-hybridized carbons (Fsp3) is 0.579. The van der Waals surface area contributed by atoms with E-state index in [2.05, 4.69) is 15.2 Å². The summed E-state index contributed by atoms with van der Waals surface area (Å²) >= 11 is 0. The summed E-state index contributed by atoms with van der Waals surface area (Å²) < 4.78 is 16.3. The predicted molar refractivity (Wildman–Crippen MR) is 102 cm³/mol. The number of aromatic nitrogens is 1. The zero-order chi connectivity index (χ0) is 19.4. The van der Waals surface area contributed by atoms with Gasteiger partial charge in [-0.3, -0.25) is 10.3 Å². The van der Waals surface area contributed by atoms with Crippen LogP contribution in [0.2, 0.25) is 0 Å². The van der Waals surface area contributed by atoms with Gasteiger partial charge >= 0.3 is 11.8 Å². The van der Waals surface area contributed by atoms with E-state index < -0.39 is 17.5 Å². The Morgan fingerprint density at radius 1 is 1.30 bits per heavy atom. The van der Waals surface area contributed by atoms with Crippen molar-refractivity contribution in [3.63, 3.8) is 0 Å². The second kappa shape index (κ2) is 8.04. The number of likely N-dealkylation sites (tertiary alicyclic amines) is 1. The van der Waals surface area contributed by atoms with Crippen LogP contribution < -0.4 is 15.8 Å². The van der Waals surface area contributed by atoms with Crippen LogP contribution >= 0.6 is 0 Å². The molecule has 1 fully saturated rings. The van der Waals surface area contributed by atoms with Gasteiger partial charge in [0.05, 0.1) is 17.8 Å². The standard InChI is InChI=1S/C19H27N3O5/c1-19(2,3)27-18(24)20-13-11-14-16(26-17(23)21-14)15(12-13)25-10-6-9-22-7-4-5-8-22/h11-12H,4-10H2,1-3H3,(H,20,24)(H,21,23). The van der Waals surface area contributed by atoms with Crippen LogP contribution in [0.5, 0.6) is 5.75 Å². The van der Waals surface area contributed by atoms with Crippen molar-refractivity contribution < 1.29 is 18.7 Å². The third kappa shape index (κ3) is 5.50. The number of nitrogens with zero attached hydrogens (tertiary/aromatic N) is 1. The fourth-order valence-electron chi connectivity index (χ4n) is 3.11. The molecule has 1 aromatic carbocycles. The minimum absolute atomic E-state index is 0.343. The van der Waals surface area contributed by atoms with Crippen molar-refractivity contribution in [2.24, 2.45) is 0 Å². The van der Waals surface area contributed by atoms with Crippen molar-refractivity contribution in [1.29, 1.82) is 0 Å². The first-order valence-electron chi connectivity index (χ1n) is 9.32. The second-order valence-electron chi connectivity index (χ2n) is 7.74. The second-order valence-corrected chi connectivity index (χ2v) is 7.74. The molecule has 8 heteroatoms. The first-order chi connectivity index (χ1) is 12.8. The molecule has 8 nitrogen and oxygen atoms in total. The van der Waals surface area contributed by atoms with Crippen molar-refractivity contribution in [2.45, 2.75) is 45.6 Å². The molecule has 27 heavy (non-hydrogen) atoms. The Bertz CT molecular complexity index is 843. The number of ether oxygens (including phenoxy) is 2. The number of amides is 1. The van der Waals surface area contributed by atoms with Crippen LogP contribution in [0.4, 0.5) is 10.5 Å². The Kier molecular flexibility index (Phi) is 5.74. The van der Waals surface area contributed by atoms with Crippen molar-refractivity contribution >= 4 is 22.9 Å². The van der Waals surface area contributed by atoms with Crippen molar-refractivity contribution in [2.75, 3.05) is 31.6 Å². The number of nitrogens with one attached hydrogen (secondary N) is 2. The molecule has 0 spiro atoms. The molecule has 1 aliphatic heterocycles. The van der Waals surface area contributed by atoms with Gasteiger partial charge in [-0.1, -0.05) is 0 Å². The maximum Gasteiger partial charge on any atom is 0.417 e. The molecule has 0 atom stereocenters. The number of rotatable bonds is 6. The lowest BCUT2D eigenvalue weighted by Crippen LogP contribution is -2.27. The van der Waals surface area contributed by atoms with Gasteiger partial charge in [-0.2, -0.15) is 0 Å². The first-order valence-corrected chi connectivity index (χ1v) is 9.32. The van der Waals surface area contributed by atoms with E-state index in [1.165, 1.54) is 12.8 Å². The number of carbonyl (C=O) groups excluding carboxylic acids is 1. The largest absolute Gasteiger partial charge is 0.489 e. The minimum Gasteiger partial charge on any atom is -0.489 e. The highest BCUT2D eigenvalue weighted by Gasteiger charge is 2.18. The summed E-state index contributed by atoms with van der Waals surface area (Å²) in [6.45, 7) is 9.14.